The summed E-state index contributed by atoms with van der Waals surface area (Å²) in [4.78, 5) is 38.1. The van der Waals surface area contributed by atoms with Crippen molar-refractivity contribution in [2.75, 3.05) is 43.2 Å². The van der Waals surface area contributed by atoms with Crippen molar-refractivity contribution in [2.45, 2.75) is 11.7 Å². The molecule has 1 N–H and O–H groups in total. The van der Waals surface area contributed by atoms with E-state index in [1.807, 2.05) is 42.5 Å². The van der Waals surface area contributed by atoms with E-state index < -0.39 is 6.09 Å². The number of rotatable bonds is 5. The summed E-state index contributed by atoms with van der Waals surface area (Å²) in [6, 6.07) is 7.52. The number of aromatic nitrogens is 4. The highest BCUT2D eigenvalue weighted by atomic mass is 32.2. The summed E-state index contributed by atoms with van der Waals surface area (Å²) in [6.07, 6.45) is 5.91. The number of fused-ring (bicyclic) bond motifs is 1. The van der Waals surface area contributed by atoms with Crippen LogP contribution in [0.2, 0.25) is 0 Å². The van der Waals surface area contributed by atoms with Gasteiger partial charge in [0.05, 0.1) is 18.4 Å². The summed E-state index contributed by atoms with van der Waals surface area (Å²) in [5, 5.41) is 14.0. The van der Waals surface area contributed by atoms with Crippen molar-refractivity contribution in [2.24, 2.45) is 0 Å². The van der Waals surface area contributed by atoms with Gasteiger partial charge >= 0.3 is 6.09 Å². The van der Waals surface area contributed by atoms with Crippen molar-refractivity contribution < 1.29 is 14.7 Å². The first-order chi connectivity index (χ1) is 15.4. The molecule has 0 bridgehead atoms. The number of amides is 2. The van der Waals surface area contributed by atoms with E-state index in [4.69, 9.17) is 5.11 Å². The van der Waals surface area contributed by atoms with Gasteiger partial charge in [-0.25, -0.2) is 19.4 Å². The van der Waals surface area contributed by atoms with Crippen LogP contribution in [0.5, 0.6) is 0 Å². The Balaban J connectivity index is 1.62. The van der Waals surface area contributed by atoms with Gasteiger partial charge in [0.1, 0.15) is 11.4 Å². The zero-order chi connectivity index (χ0) is 22.8. The molecule has 3 aromatic rings. The third-order valence-electron chi connectivity index (χ3n) is 5.21. The van der Waals surface area contributed by atoms with E-state index in [1.165, 1.54) is 23.7 Å². The molecule has 1 aliphatic rings. The highest BCUT2D eigenvalue weighted by molar-refractivity contribution is 7.98. The Labute approximate surface area is 189 Å². The molecule has 0 saturated heterocycles. The lowest BCUT2D eigenvalue weighted by atomic mass is 10.2. The summed E-state index contributed by atoms with van der Waals surface area (Å²) >= 11 is 1.44. The maximum absolute atomic E-state index is 13.3. The Morgan fingerprint density at radius 2 is 2.03 bits per heavy atom. The Kier molecular flexibility index (Phi) is 5.99. The minimum absolute atomic E-state index is 0.154. The second kappa shape index (κ2) is 8.87. The lowest BCUT2D eigenvalue weighted by Crippen LogP contribution is -2.33. The SMILES string of the molecule is CSc1ncc2c(n1)N(C)CCN(c1cccc(-n3cc(CN(C)C(=O)O)cn3)c1)C2=O. The third kappa shape index (κ3) is 4.24. The molecule has 0 aliphatic carbocycles. The van der Waals surface area contributed by atoms with Crippen LogP contribution in [0.1, 0.15) is 15.9 Å². The van der Waals surface area contributed by atoms with Crippen LogP contribution in [0, 0.1) is 0 Å². The highest BCUT2D eigenvalue weighted by Crippen LogP contribution is 2.28. The van der Waals surface area contributed by atoms with Crippen LogP contribution in [-0.2, 0) is 6.54 Å². The molecule has 2 amide bonds. The second-order valence-corrected chi connectivity index (χ2v) is 8.20. The van der Waals surface area contributed by atoms with Gasteiger partial charge in [-0.15, -0.1) is 0 Å². The highest BCUT2D eigenvalue weighted by Gasteiger charge is 2.28. The predicted octanol–water partition coefficient (Wildman–Crippen LogP) is 2.59. The molecule has 0 radical (unpaired) electrons. The zero-order valence-electron chi connectivity index (χ0n) is 18.0. The zero-order valence-corrected chi connectivity index (χ0v) is 18.8. The van der Waals surface area contributed by atoms with Gasteiger partial charge in [0, 0.05) is 50.8 Å². The molecular weight excluding hydrogens is 430 g/mol. The average Bonchev–Trinajstić information content (AvgIpc) is 3.22. The van der Waals surface area contributed by atoms with Crippen LogP contribution in [-0.4, -0.2) is 75.2 Å². The number of nitrogens with zero attached hydrogens (tertiary/aromatic N) is 7. The Bertz CT molecular complexity index is 1170. The van der Waals surface area contributed by atoms with E-state index in [-0.39, 0.29) is 12.5 Å². The summed E-state index contributed by atoms with van der Waals surface area (Å²) in [6.45, 7) is 1.36. The fraction of sp³-hybridized carbons (Fsp3) is 0.286. The number of carboxylic acid groups (broad SMARTS) is 1. The smallest absolute Gasteiger partial charge is 0.407 e. The molecule has 1 aliphatic heterocycles. The molecule has 2 aromatic heterocycles. The maximum Gasteiger partial charge on any atom is 0.407 e. The largest absolute Gasteiger partial charge is 0.465 e. The molecule has 11 heteroatoms. The summed E-state index contributed by atoms with van der Waals surface area (Å²) in [5.41, 5.74) is 2.74. The molecule has 0 fully saturated rings. The molecule has 0 spiro atoms. The Hall–Kier alpha value is -3.60. The number of thioether (sulfide) groups is 1. The van der Waals surface area contributed by atoms with E-state index in [0.717, 1.165) is 16.9 Å². The first-order valence-electron chi connectivity index (χ1n) is 9.89. The van der Waals surface area contributed by atoms with Gasteiger partial charge in [-0.1, -0.05) is 17.8 Å². The molecule has 0 saturated carbocycles. The number of anilines is 2. The van der Waals surface area contributed by atoms with Crippen LogP contribution in [0.4, 0.5) is 16.3 Å². The van der Waals surface area contributed by atoms with Crippen molar-refractivity contribution in [3.05, 3.63) is 54.0 Å². The van der Waals surface area contributed by atoms with E-state index in [2.05, 4.69) is 15.1 Å². The normalized spacial score (nSPS) is 13.7. The van der Waals surface area contributed by atoms with Crippen molar-refractivity contribution in [3.8, 4) is 5.69 Å². The van der Waals surface area contributed by atoms with Crippen LogP contribution in [0.3, 0.4) is 0 Å². The summed E-state index contributed by atoms with van der Waals surface area (Å²) in [7, 11) is 3.43. The van der Waals surface area contributed by atoms with Crippen molar-refractivity contribution in [3.63, 3.8) is 0 Å². The fourth-order valence-corrected chi connectivity index (χ4v) is 3.81. The first kappa shape index (κ1) is 21.6. The molecule has 1 aromatic carbocycles. The minimum atomic E-state index is -1.00. The standard InChI is InChI=1S/C21H23N7O3S/c1-25-7-8-27(19(29)17-11-22-20(32-3)24-18(17)25)15-5-4-6-16(9-15)28-13-14(10-23-28)12-26(2)21(30)31/h4-6,9-11,13H,7-8,12H2,1-3H3,(H,30,31). The Morgan fingerprint density at radius 1 is 1.25 bits per heavy atom. The lowest BCUT2D eigenvalue weighted by Gasteiger charge is -2.21. The van der Waals surface area contributed by atoms with Crippen LogP contribution in [0.25, 0.3) is 5.69 Å². The van der Waals surface area contributed by atoms with E-state index in [9.17, 15) is 9.59 Å². The van der Waals surface area contributed by atoms with Gasteiger partial charge < -0.3 is 19.8 Å². The van der Waals surface area contributed by atoms with Crippen molar-refractivity contribution >= 4 is 35.3 Å². The van der Waals surface area contributed by atoms with Gasteiger partial charge in [-0.05, 0) is 24.5 Å². The number of carbonyl (C=O) groups is 2. The van der Waals surface area contributed by atoms with Crippen molar-refractivity contribution in [1.82, 2.24) is 24.6 Å². The van der Waals surface area contributed by atoms with Crippen molar-refractivity contribution in [1.29, 1.82) is 0 Å². The van der Waals surface area contributed by atoms with Gasteiger partial charge in [-0.2, -0.15) is 5.10 Å². The first-order valence-corrected chi connectivity index (χ1v) is 11.1. The quantitative estimate of drug-likeness (QED) is 0.464. The molecule has 32 heavy (non-hydrogen) atoms. The molecular formula is C21H23N7O3S. The number of benzene rings is 1. The van der Waals surface area contributed by atoms with E-state index >= 15 is 0 Å². The van der Waals surface area contributed by atoms with Gasteiger partial charge in [0.2, 0.25) is 0 Å². The molecule has 3 heterocycles. The second-order valence-electron chi connectivity index (χ2n) is 7.42. The number of hydrogen-bond acceptors (Lipinski definition) is 7. The van der Waals surface area contributed by atoms with Gasteiger partial charge in [0.15, 0.2) is 5.16 Å². The van der Waals surface area contributed by atoms with Crippen LogP contribution in [0.15, 0.2) is 48.0 Å². The van der Waals surface area contributed by atoms with Crippen LogP contribution >= 0.6 is 11.8 Å². The van der Waals surface area contributed by atoms with Gasteiger partial charge in [0.25, 0.3) is 5.91 Å². The van der Waals surface area contributed by atoms with E-state index in [0.29, 0.717) is 29.6 Å². The molecule has 166 valence electrons. The molecule has 0 atom stereocenters. The molecule has 10 nitrogen and oxygen atoms in total. The number of hydrogen-bond donors (Lipinski definition) is 1. The Morgan fingerprint density at radius 3 is 2.78 bits per heavy atom. The average molecular weight is 454 g/mol. The summed E-state index contributed by atoms with van der Waals surface area (Å²) < 4.78 is 1.67. The lowest BCUT2D eigenvalue weighted by molar-refractivity contribution is 0.0989. The molecule has 0 unspecified atom stereocenters. The number of carbonyl (C=O) groups excluding carboxylic acids is 1. The fourth-order valence-electron chi connectivity index (χ4n) is 3.47. The maximum atomic E-state index is 13.3. The third-order valence-corrected chi connectivity index (χ3v) is 5.78. The monoisotopic (exact) mass is 453 g/mol. The summed E-state index contributed by atoms with van der Waals surface area (Å²) in [5.74, 6) is 0.477. The van der Waals surface area contributed by atoms with E-state index in [1.54, 1.807) is 28.2 Å². The molecule has 4 rings (SSSR count). The van der Waals surface area contributed by atoms with Crippen LogP contribution < -0.4 is 9.80 Å². The predicted molar refractivity (Wildman–Crippen MR) is 122 cm³/mol. The topological polar surface area (TPSA) is 108 Å². The number of likely N-dealkylation sites (N-methyl/N-ethyl adjacent to an activating group) is 1. The minimum Gasteiger partial charge on any atom is -0.465 e. The van der Waals surface area contributed by atoms with Gasteiger partial charge in [-0.3, -0.25) is 4.79 Å².